The lowest BCUT2D eigenvalue weighted by atomic mass is 10.2. The number of aryl methyl sites for hydroxylation is 1. The summed E-state index contributed by atoms with van der Waals surface area (Å²) < 4.78 is 5.14. The molecule has 0 fully saturated rings. The molecule has 2 aromatic rings. The largest absolute Gasteiger partial charge is 0.497 e. The van der Waals surface area contributed by atoms with Gasteiger partial charge in [0.15, 0.2) is 0 Å². The molecule has 0 aliphatic carbocycles. The zero-order valence-corrected chi connectivity index (χ0v) is 12.1. The van der Waals surface area contributed by atoms with Gasteiger partial charge in [0.25, 0.3) is 0 Å². The van der Waals surface area contributed by atoms with E-state index in [-0.39, 0.29) is 0 Å². The van der Waals surface area contributed by atoms with Gasteiger partial charge in [-0.1, -0.05) is 6.92 Å². The van der Waals surface area contributed by atoms with Crippen LogP contribution in [0.25, 0.3) is 0 Å². The van der Waals surface area contributed by atoms with Crippen LogP contribution in [0, 0.1) is 6.92 Å². The van der Waals surface area contributed by atoms with Crippen LogP contribution < -0.4 is 15.8 Å². The lowest BCUT2D eigenvalue weighted by Gasteiger charge is -2.12. The maximum absolute atomic E-state index is 5.94. The average Bonchev–Trinajstić information content (AvgIpc) is 2.45. The van der Waals surface area contributed by atoms with Crippen molar-refractivity contribution in [2.75, 3.05) is 18.2 Å². The van der Waals surface area contributed by atoms with Crippen molar-refractivity contribution in [1.82, 2.24) is 9.97 Å². The van der Waals surface area contributed by atoms with Gasteiger partial charge >= 0.3 is 0 Å². The number of rotatable bonds is 5. The van der Waals surface area contributed by atoms with Crippen LogP contribution in [0.3, 0.4) is 0 Å². The first kappa shape index (κ1) is 14.1. The molecule has 5 nitrogen and oxygen atoms in total. The third-order valence-corrected chi connectivity index (χ3v) is 3.06. The highest BCUT2D eigenvalue weighted by atomic mass is 16.5. The quantitative estimate of drug-likeness (QED) is 0.875. The molecule has 0 radical (unpaired) electrons. The van der Waals surface area contributed by atoms with Crippen LogP contribution in [0.1, 0.15) is 24.7 Å². The fourth-order valence-corrected chi connectivity index (χ4v) is 1.85. The van der Waals surface area contributed by atoms with Crippen LogP contribution in [0.4, 0.5) is 17.3 Å². The second-order valence-electron chi connectivity index (χ2n) is 4.60. The monoisotopic (exact) mass is 272 g/mol. The van der Waals surface area contributed by atoms with Crippen molar-refractivity contribution in [3.05, 3.63) is 35.7 Å². The Labute approximate surface area is 119 Å². The highest BCUT2D eigenvalue weighted by molar-refractivity contribution is 5.64. The van der Waals surface area contributed by atoms with Crippen molar-refractivity contribution >= 4 is 17.3 Å². The Balaban J connectivity index is 2.26. The molecule has 1 heterocycles. The predicted molar refractivity (Wildman–Crippen MR) is 81.5 cm³/mol. The number of anilines is 3. The van der Waals surface area contributed by atoms with Crippen LogP contribution in [0.5, 0.6) is 5.75 Å². The van der Waals surface area contributed by atoms with E-state index >= 15 is 0 Å². The Morgan fingerprint density at radius 2 is 1.90 bits per heavy atom. The minimum atomic E-state index is 0.527. The summed E-state index contributed by atoms with van der Waals surface area (Å²) in [6.07, 6.45) is 1.81. The molecule has 20 heavy (non-hydrogen) atoms. The van der Waals surface area contributed by atoms with Gasteiger partial charge in [-0.2, -0.15) is 0 Å². The Kier molecular flexibility index (Phi) is 4.40. The average molecular weight is 272 g/mol. The van der Waals surface area contributed by atoms with Crippen molar-refractivity contribution in [2.45, 2.75) is 26.7 Å². The number of benzene rings is 1. The lowest BCUT2D eigenvalue weighted by molar-refractivity contribution is 0.415. The van der Waals surface area contributed by atoms with E-state index in [1.807, 2.05) is 31.2 Å². The van der Waals surface area contributed by atoms with Gasteiger partial charge < -0.3 is 15.8 Å². The smallest absolute Gasteiger partial charge is 0.139 e. The highest BCUT2D eigenvalue weighted by Gasteiger charge is 2.08. The number of methoxy groups -OCH3 is 1. The van der Waals surface area contributed by atoms with E-state index in [9.17, 15) is 0 Å². The molecule has 2 rings (SSSR count). The molecule has 0 amide bonds. The summed E-state index contributed by atoms with van der Waals surface area (Å²) >= 11 is 0. The van der Waals surface area contributed by atoms with Gasteiger partial charge in [-0.05, 0) is 37.6 Å². The van der Waals surface area contributed by atoms with Crippen LogP contribution in [-0.4, -0.2) is 17.1 Å². The van der Waals surface area contributed by atoms with E-state index in [1.54, 1.807) is 7.11 Å². The molecule has 106 valence electrons. The summed E-state index contributed by atoms with van der Waals surface area (Å²) in [7, 11) is 1.65. The highest BCUT2D eigenvalue weighted by Crippen LogP contribution is 2.23. The zero-order valence-electron chi connectivity index (χ0n) is 12.1. The van der Waals surface area contributed by atoms with Gasteiger partial charge in [-0.3, -0.25) is 0 Å². The first-order valence-electron chi connectivity index (χ1n) is 6.68. The number of nitrogen functional groups attached to an aromatic ring is 1. The van der Waals surface area contributed by atoms with Gasteiger partial charge in [-0.25, -0.2) is 9.97 Å². The van der Waals surface area contributed by atoms with Crippen LogP contribution in [0.15, 0.2) is 24.3 Å². The molecule has 0 saturated heterocycles. The van der Waals surface area contributed by atoms with Crippen LogP contribution in [0.2, 0.25) is 0 Å². The summed E-state index contributed by atoms with van der Waals surface area (Å²) in [5.41, 5.74) is 7.74. The fourth-order valence-electron chi connectivity index (χ4n) is 1.85. The summed E-state index contributed by atoms with van der Waals surface area (Å²) in [6.45, 7) is 4.01. The van der Waals surface area contributed by atoms with Crippen molar-refractivity contribution in [3.63, 3.8) is 0 Å². The molecule has 0 unspecified atom stereocenters. The summed E-state index contributed by atoms with van der Waals surface area (Å²) in [5.74, 6) is 2.87. The number of aromatic nitrogens is 2. The molecule has 0 bridgehead atoms. The van der Waals surface area contributed by atoms with Crippen LogP contribution in [-0.2, 0) is 6.42 Å². The molecule has 3 N–H and O–H groups in total. The fraction of sp³-hybridized carbons (Fsp3) is 0.333. The number of ether oxygens (including phenoxy) is 1. The molecule has 0 aliphatic heterocycles. The van der Waals surface area contributed by atoms with E-state index in [0.29, 0.717) is 5.82 Å². The Hall–Kier alpha value is -2.30. The number of nitrogens with zero attached hydrogens (tertiary/aromatic N) is 2. The molecule has 0 aliphatic rings. The Morgan fingerprint density at radius 1 is 1.20 bits per heavy atom. The number of hydrogen-bond donors (Lipinski definition) is 2. The number of nitrogens with two attached hydrogens (primary N) is 1. The van der Waals surface area contributed by atoms with Gasteiger partial charge in [-0.15, -0.1) is 0 Å². The van der Waals surface area contributed by atoms with Gasteiger partial charge in [0.2, 0.25) is 0 Å². The molecule has 1 aromatic heterocycles. The topological polar surface area (TPSA) is 73.1 Å². The van der Waals surface area contributed by atoms with E-state index in [0.717, 1.165) is 41.5 Å². The first-order valence-corrected chi connectivity index (χ1v) is 6.68. The second kappa shape index (κ2) is 6.23. The molecule has 5 heteroatoms. The first-order chi connectivity index (χ1) is 9.63. The lowest BCUT2D eigenvalue weighted by Crippen LogP contribution is -2.07. The third-order valence-electron chi connectivity index (χ3n) is 3.06. The van der Waals surface area contributed by atoms with Crippen molar-refractivity contribution in [2.24, 2.45) is 0 Å². The molecule has 0 saturated carbocycles. The number of hydrogen-bond acceptors (Lipinski definition) is 5. The predicted octanol–water partition coefficient (Wildman–Crippen LogP) is 3.07. The maximum atomic E-state index is 5.94. The van der Waals surface area contributed by atoms with Crippen molar-refractivity contribution < 1.29 is 4.74 Å². The summed E-state index contributed by atoms with van der Waals surface area (Å²) in [5, 5.41) is 3.28. The number of nitrogens with one attached hydrogen (secondary N) is 1. The maximum Gasteiger partial charge on any atom is 0.139 e. The summed E-state index contributed by atoms with van der Waals surface area (Å²) in [4.78, 5) is 8.83. The molecular formula is C15H20N4O. The Bertz CT molecular complexity index is 581. The minimum Gasteiger partial charge on any atom is -0.497 e. The van der Waals surface area contributed by atoms with E-state index < -0.39 is 0 Å². The van der Waals surface area contributed by atoms with E-state index in [1.165, 1.54) is 0 Å². The van der Waals surface area contributed by atoms with Crippen molar-refractivity contribution in [1.29, 1.82) is 0 Å². The van der Waals surface area contributed by atoms with E-state index in [4.69, 9.17) is 10.5 Å². The summed E-state index contributed by atoms with van der Waals surface area (Å²) in [6, 6.07) is 7.68. The zero-order chi connectivity index (χ0) is 14.5. The Morgan fingerprint density at radius 3 is 2.50 bits per heavy atom. The second-order valence-corrected chi connectivity index (χ2v) is 4.60. The van der Waals surface area contributed by atoms with Gasteiger partial charge in [0, 0.05) is 17.7 Å². The van der Waals surface area contributed by atoms with Crippen molar-refractivity contribution in [3.8, 4) is 5.75 Å². The molecule has 0 atom stereocenters. The van der Waals surface area contributed by atoms with Gasteiger partial charge in [0.05, 0.1) is 7.11 Å². The molecule has 0 spiro atoms. The van der Waals surface area contributed by atoms with Gasteiger partial charge in [0.1, 0.15) is 23.2 Å². The van der Waals surface area contributed by atoms with Crippen LogP contribution >= 0.6 is 0 Å². The SMILES string of the molecule is CCCc1nc(N)c(C)c(Nc2ccc(OC)cc2)n1. The van der Waals surface area contributed by atoms with E-state index in [2.05, 4.69) is 22.2 Å². The molecular weight excluding hydrogens is 252 g/mol. The molecule has 1 aromatic carbocycles. The normalized spacial score (nSPS) is 10.3. The minimum absolute atomic E-state index is 0.527. The standard InChI is InChI=1S/C15H20N4O/c1-4-5-13-18-14(16)10(2)15(19-13)17-11-6-8-12(20-3)9-7-11/h6-9H,4-5H2,1-3H3,(H3,16,17,18,19). The third kappa shape index (κ3) is 3.17.